The van der Waals surface area contributed by atoms with E-state index < -0.39 is 6.04 Å². The Kier molecular flexibility index (Phi) is 5.16. The monoisotopic (exact) mass is 287 g/mol. The Labute approximate surface area is 123 Å². The highest BCUT2D eigenvalue weighted by Gasteiger charge is 2.26. The van der Waals surface area contributed by atoms with Crippen LogP contribution in [0.15, 0.2) is 18.3 Å². The standard InChI is InChI=1S/C15H17N3O3/c1-11-4-5-12(10-17-11)21-9-3-2-8-16-15(20)13-6-7-14(19)18-13/h4-5,10,13H,6-9H2,1H3,(H,16,20)(H,18,19). The van der Waals surface area contributed by atoms with Crippen LogP contribution in [0.5, 0.6) is 5.75 Å². The summed E-state index contributed by atoms with van der Waals surface area (Å²) in [6, 6.07) is 3.27. The van der Waals surface area contributed by atoms with Gasteiger partial charge in [-0.1, -0.05) is 11.8 Å². The Bertz CT molecular complexity index is 572. The number of ether oxygens (including phenoxy) is 1. The molecular weight excluding hydrogens is 270 g/mol. The van der Waals surface area contributed by atoms with Gasteiger partial charge in [-0.3, -0.25) is 14.6 Å². The van der Waals surface area contributed by atoms with Crippen LogP contribution in [0, 0.1) is 18.8 Å². The van der Waals surface area contributed by atoms with E-state index in [1.165, 1.54) is 0 Å². The molecule has 110 valence electrons. The molecule has 0 spiro atoms. The summed E-state index contributed by atoms with van der Waals surface area (Å²) in [5.74, 6) is 5.98. The molecule has 2 amide bonds. The first-order chi connectivity index (χ1) is 10.1. The maximum absolute atomic E-state index is 11.6. The van der Waals surface area contributed by atoms with Crippen LogP contribution in [0.25, 0.3) is 0 Å². The molecule has 0 aliphatic carbocycles. The third-order valence-corrected chi connectivity index (χ3v) is 2.98. The summed E-state index contributed by atoms with van der Waals surface area (Å²) in [5, 5.41) is 5.26. The molecule has 1 aliphatic heterocycles. The Balaban J connectivity index is 1.64. The molecule has 2 heterocycles. The fourth-order valence-electron chi connectivity index (χ4n) is 1.84. The van der Waals surface area contributed by atoms with Crippen molar-refractivity contribution in [3.63, 3.8) is 0 Å². The van der Waals surface area contributed by atoms with Crippen molar-refractivity contribution in [2.45, 2.75) is 25.8 Å². The zero-order chi connectivity index (χ0) is 15.1. The molecule has 1 atom stereocenters. The second kappa shape index (κ2) is 7.29. The Morgan fingerprint density at radius 1 is 1.52 bits per heavy atom. The van der Waals surface area contributed by atoms with Crippen LogP contribution in [-0.2, 0) is 9.59 Å². The quantitative estimate of drug-likeness (QED) is 0.774. The average molecular weight is 287 g/mol. The molecule has 2 N–H and O–H groups in total. The van der Waals surface area contributed by atoms with Crippen LogP contribution >= 0.6 is 0 Å². The second-order valence-electron chi connectivity index (χ2n) is 4.65. The van der Waals surface area contributed by atoms with Crippen molar-refractivity contribution >= 4 is 11.8 Å². The maximum Gasteiger partial charge on any atom is 0.243 e. The van der Waals surface area contributed by atoms with Gasteiger partial charge in [0.15, 0.2) is 0 Å². The van der Waals surface area contributed by atoms with E-state index in [2.05, 4.69) is 27.5 Å². The number of pyridine rings is 1. The highest BCUT2D eigenvalue weighted by Crippen LogP contribution is 2.07. The number of rotatable bonds is 4. The van der Waals surface area contributed by atoms with E-state index in [0.29, 0.717) is 18.6 Å². The van der Waals surface area contributed by atoms with Crippen LogP contribution in [0.4, 0.5) is 0 Å². The van der Waals surface area contributed by atoms with Crippen LogP contribution in [0.3, 0.4) is 0 Å². The first-order valence-corrected chi connectivity index (χ1v) is 6.73. The van der Waals surface area contributed by atoms with E-state index in [0.717, 1.165) is 5.69 Å². The number of nitrogens with one attached hydrogen (secondary N) is 2. The van der Waals surface area contributed by atoms with Gasteiger partial charge < -0.3 is 15.4 Å². The fourth-order valence-corrected chi connectivity index (χ4v) is 1.84. The maximum atomic E-state index is 11.6. The molecule has 1 unspecified atom stereocenters. The van der Waals surface area contributed by atoms with E-state index in [1.807, 2.05) is 19.1 Å². The third kappa shape index (κ3) is 4.80. The number of carbonyl (C=O) groups is 2. The van der Waals surface area contributed by atoms with Gasteiger partial charge in [0.1, 0.15) is 18.4 Å². The van der Waals surface area contributed by atoms with Gasteiger partial charge in [-0.15, -0.1) is 0 Å². The minimum Gasteiger partial charge on any atom is -0.479 e. The zero-order valence-corrected chi connectivity index (χ0v) is 11.8. The normalized spacial score (nSPS) is 16.6. The number of aromatic nitrogens is 1. The lowest BCUT2D eigenvalue weighted by molar-refractivity contribution is -0.125. The van der Waals surface area contributed by atoms with Gasteiger partial charge in [-0.2, -0.15) is 0 Å². The Morgan fingerprint density at radius 2 is 2.38 bits per heavy atom. The number of amides is 2. The number of hydrogen-bond acceptors (Lipinski definition) is 4. The Morgan fingerprint density at radius 3 is 3.05 bits per heavy atom. The summed E-state index contributed by atoms with van der Waals surface area (Å²) < 4.78 is 5.38. The highest BCUT2D eigenvalue weighted by atomic mass is 16.5. The minimum atomic E-state index is -0.422. The van der Waals surface area contributed by atoms with Gasteiger partial charge in [0.05, 0.1) is 12.7 Å². The molecule has 21 heavy (non-hydrogen) atoms. The van der Waals surface area contributed by atoms with Gasteiger partial charge >= 0.3 is 0 Å². The van der Waals surface area contributed by atoms with Gasteiger partial charge in [-0.25, -0.2) is 0 Å². The summed E-state index contributed by atoms with van der Waals surface area (Å²) in [6.07, 6.45) is 2.59. The molecule has 0 aromatic carbocycles. The third-order valence-electron chi connectivity index (χ3n) is 2.98. The lowest BCUT2D eigenvalue weighted by Crippen LogP contribution is -2.41. The van der Waals surface area contributed by atoms with Crippen molar-refractivity contribution in [2.75, 3.05) is 13.2 Å². The largest absolute Gasteiger partial charge is 0.479 e. The molecule has 0 radical (unpaired) electrons. The molecule has 1 saturated heterocycles. The van der Waals surface area contributed by atoms with Crippen LogP contribution in [-0.4, -0.2) is 36.0 Å². The molecule has 6 heteroatoms. The molecular formula is C15H17N3O3. The van der Waals surface area contributed by atoms with Crippen LogP contribution in [0.2, 0.25) is 0 Å². The number of aryl methyl sites for hydroxylation is 1. The van der Waals surface area contributed by atoms with Crippen molar-refractivity contribution in [2.24, 2.45) is 0 Å². The minimum absolute atomic E-state index is 0.0821. The topological polar surface area (TPSA) is 80.3 Å². The molecule has 0 bridgehead atoms. The van der Waals surface area contributed by atoms with Crippen molar-refractivity contribution in [3.05, 3.63) is 24.0 Å². The van der Waals surface area contributed by atoms with Gasteiger partial charge in [-0.05, 0) is 25.5 Å². The van der Waals surface area contributed by atoms with Crippen molar-refractivity contribution in [1.82, 2.24) is 15.6 Å². The summed E-state index contributed by atoms with van der Waals surface area (Å²) in [5.41, 5.74) is 0.926. The predicted molar refractivity (Wildman–Crippen MR) is 76.4 cm³/mol. The van der Waals surface area contributed by atoms with E-state index >= 15 is 0 Å². The van der Waals surface area contributed by atoms with E-state index in [1.54, 1.807) is 6.20 Å². The SMILES string of the molecule is Cc1ccc(OCC#CCNC(=O)C2CCC(=O)N2)cn1. The molecule has 6 nitrogen and oxygen atoms in total. The highest BCUT2D eigenvalue weighted by molar-refractivity contribution is 5.90. The molecule has 1 fully saturated rings. The van der Waals surface area contributed by atoms with Crippen LogP contribution < -0.4 is 15.4 Å². The predicted octanol–water partition coefficient (Wildman–Crippen LogP) is 0.167. The van der Waals surface area contributed by atoms with Crippen molar-refractivity contribution in [3.8, 4) is 17.6 Å². The van der Waals surface area contributed by atoms with E-state index in [9.17, 15) is 9.59 Å². The summed E-state index contributed by atoms with van der Waals surface area (Å²) in [7, 11) is 0. The van der Waals surface area contributed by atoms with Crippen molar-refractivity contribution in [1.29, 1.82) is 0 Å². The average Bonchev–Trinajstić information content (AvgIpc) is 2.91. The first kappa shape index (κ1) is 14.9. The molecule has 2 rings (SSSR count). The van der Waals surface area contributed by atoms with Crippen molar-refractivity contribution < 1.29 is 14.3 Å². The molecule has 1 aromatic rings. The molecule has 1 aromatic heterocycles. The van der Waals surface area contributed by atoms with E-state index in [-0.39, 0.29) is 25.0 Å². The van der Waals surface area contributed by atoms with Crippen LogP contribution in [0.1, 0.15) is 18.5 Å². The van der Waals surface area contributed by atoms with E-state index in [4.69, 9.17) is 4.74 Å². The fraction of sp³-hybridized carbons (Fsp3) is 0.400. The Hall–Kier alpha value is -2.55. The summed E-state index contributed by atoms with van der Waals surface area (Å²) in [6.45, 7) is 2.38. The number of nitrogens with zero attached hydrogens (tertiary/aromatic N) is 1. The summed E-state index contributed by atoms with van der Waals surface area (Å²) >= 11 is 0. The summed E-state index contributed by atoms with van der Waals surface area (Å²) in [4.78, 5) is 26.7. The smallest absolute Gasteiger partial charge is 0.243 e. The first-order valence-electron chi connectivity index (χ1n) is 6.73. The zero-order valence-electron chi connectivity index (χ0n) is 11.8. The lowest BCUT2D eigenvalue weighted by atomic mass is 10.2. The number of hydrogen-bond donors (Lipinski definition) is 2. The van der Waals surface area contributed by atoms with Gasteiger partial charge in [0.2, 0.25) is 11.8 Å². The molecule has 0 saturated carbocycles. The second-order valence-corrected chi connectivity index (χ2v) is 4.65. The lowest BCUT2D eigenvalue weighted by Gasteiger charge is -2.08. The molecule has 1 aliphatic rings. The van der Waals surface area contributed by atoms with Gasteiger partial charge in [0, 0.05) is 12.1 Å². The van der Waals surface area contributed by atoms with Gasteiger partial charge in [0.25, 0.3) is 0 Å². The number of carbonyl (C=O) groups excluding carboxylic acids is 2.